The molecule has 32 heteroatoms. The molecular formula is C44H52N12O16S4. The molecule has 0 radical (unpaired) electrons. The first-order valence-electron chi connectivity index (χ1n) is 21.8. The minimum atomic E-state index is -5.20. The Morgan fingerprint density at radius 1 is 0.421 bits per heavy atom. The Morgan fingerprint density at radius 3 is 0.974 bits per heavy atom. The predicted octanol–water partition coefficient (Wildman–Crippen LogP) is 4.07. The summed E-state index contributed by atoms with van der Waals surface area (Å²) >= 11 is 0. The van der Waals surface area contributed by atoms with Gasteiger partial charge in [0.25, 0.3) is 52.4 Å². The van der Waals surface area contributed by atoms with E-state index in [1.165, 1.54) is 104 Å². The van der Waals surface area contributed by atoms with Crippen LogP contribution >= 0.6 is 0 Å². The largest absolute Gasteiger partial charge is 0.371 e. The Balaban J connectivity index is 1.48. The summed E-state index contributed by atoms with van der Waals surface area (Å²) in [5.41, 5.74) is -2.04. The van der Waals surface area contributed by atoms with Crippen molar-refractivity contribution in [2.24, 2.45) is 0 Å². The molecule has 0 aliphatic rings. The molecule has 0 fully saturated rings. The zero-order valence-electron chi connectivity index (χ0n) is 41.3. The van der Waals surface area contributed by atoms with Gasteiger partial charge >= 0.3 is 0 Å². The van der Waals surface area contributed by atoms with Crippen molar-refractivity contribution in [2.45, 2.75) is 97.9 Å². The van der Waals surface area contributed by atoms with Crippen molar-refractivity contribution in [1.29, 1.82) is 0 Å². The number of hydrazine groups is 2. The molecule has 0 aliphatic heterocycles. The van der Waals surface area contributed by atoms with Gasteiger partial charge < -0.3 is 20.4 Å². The molecule has 0 atom stereocenters. The minimum Gasteiger partial charge on any atom is -0.371 e. The summed E-state index contributed by atoms with van der Waals surface area (Å²) in [6.07, 6.45) is 4.17. The van der Waals surface area contributed by atoms with E-state index in [-0.39, 0.29) is 57.7 Å². The highest BCUT2D eigenvalue weighted by Crippen LogP contribution is 2.35. The number of nitrogens with one attached hydrogen (secondary N) is 2. The van der Waals surface area contributed by atoms with Crippen molar-refractivity contribution in [2.75, 3.05) is 30.7 Å². The number of aromatic nitrogens is 6. The zero-order chi connectivity index (χ0) is 56.8. The lowest BCUT2D eigenvalue weighted by Gasteiger charge is -2.42. The molecule has 0 amide bonds. The molecule has 6 rings (SSSR count). The van der Waals surface area contributed by atoms with Crippen LogP contribution in [0.1, 0.15) is 66.5 Å². The summed E-state index contributed by atoms with van der Waals surface area (Å²) in [7, 11) is -19.7. The lowest BCUT2D eigenvalue weighted by molar-refractivity contribution is -0.0231. The number of anilines is 8. The topological polar surface area (TPSA) is 413 Å². The molecule has 408 valence electrons. The maximum atomic E-state index is 13.2. The molecule has 10 N–H and O–H groups in total. The van der Waals surface area contributed by atoms with Crippen LogP contribution in [0.5, 0.6) is 0 Å². The lowest BCUT2D eigenvalue weighted by atomic mass is 10.1. The van der Waals surface area contributed by atoms with E-state index in [9.17, 15) is 72.3 Å². The molecule has 0 unspecified atom stereocenters. The van der Waals surface area contributed by atoms with Crippen molar-refractivity contribution in [1.82, 2.24) is 29.9 Å². The summed E-state index contributed by atoms with van der Waals surface area (Å²) in [5.74, 6) is -1.24. The maximum Gasteiger partial charge on any atom is 0.295 e. The number of benzene rings is 4. The highest BCUT2D eigenvalue weighted by atomic mass is 32.2. The highest BCUT2D eigenvalue weighted by Gasteiger charge is 2.39. The molecule has 4 aromatic carbocycles. The first kappa shape index (κ1) is 58.2. The van der Waals surface area contributed by atoms with Gasteiger partial charge in [0.15, 0.2) is 0 Å². The fourth-order valence-electron chi connectivity index (χ4n) is 7.65. The van der Waals surface area contributed by atoms with E-state index < -0.39 is 83.0 Å². The van der Waals surface area contributed by atoms with Crippen molar-refractivity contribution >= 4 is 99.2 Å². The van der Waals surface area contributed by atoms with Crippen LogP contribution in [0, 0.1) is 0 Å². The summed E-state index contributed by atoms with van der Waals surface area (Å²) in [6, 6.07) is 15.9. The average molecular weight is 1130 g/mol. The van der Waals surface area contributed by atoms with Crippen molar-refractivity contribution < 1.29 is 72.3 Å². The number of nitrogens with zero attached hydrogens (tertiary/aromatic N) is 10. The summed E-state index contributed by atoms with van der Waals surface area (Å²) in [4.78, 5) is 24.9. The van der Waals surface area contributed by atoms with Gasteiger partial charge in [-0.25, -0.2) is 20.0 Å². The van der Waals surface area contributed by atoms with E-state index in [2.05, 4.69) is 40.8 Å². The Hall–Kier alpha value is -7.08. The monoisotopic (exact) mass is 1130 g/mol. The number of rotatable bonds is 20. The van der Waals surface area contributed by atoms with Crippen LogP contribution in [-0.2, 0) is 40.5 Å². The maximum absolute atomic E-state index is 13.2. The third kappa shape index (κ3) is 14.0. The number of aliphatic hydroxyl groups is 4. The van der Waals surface area contributed by atoms with Gasteiger partial charge in [0.2, 0.25) is 11.9 Å². The van der Waals surface area contributed by atoms with E-state index in [0.29, 0.717) is 0 Å². The average Bonchev–Trinajstić information content (AvgIpc) is 3.26. The second kappa shape index (κ2) is 20.8. The second-order valence-electron chi connectivity index (χ2n) is 18.4. The van der Waals surface area contributed by atoms with E-state index >= 15 is 0 Å². The van der Waals surface area contributed by atoms with Gasteiger partial charge in [-0.2, -0.15) is 53.6 Å². The molecule has 0 saturated carbocycles. The van der Waals surface area contributed by atoms with Crippen molar-refractivity contribution in [3.63, 3.8) is 0 Å². The molecule has 0 bridgehead atoms. The fourth-order valence-corrected chi connectivity index (χ4v) is 10.0. The summed E-state index contributed by atoms with van der Waals surface area (Å²) in [5, 5.41) is 46.1. The molecule has 0 spiro atoms. The molecule has 6 aromatic rings. The third-order valence-electron chi connectivity index (χ3n) is 10.4. The van der Waals surface area contributed by atoms with Gasteiger partial charge in [-0.05, 0) is 139 Å². The van der Waals surface area contributed by atoms with Gasteiger partial charge in [0, 0.05) is 0 Å². The molecule has 2 heterocycles. The Labute approximate surface area is 436 Å². The van der Waals surface area contributed by atoms with Crippen molar-refractivity contribution in [3.8, 4) is 0 Å². The van der Waals surface area contributed by atoms with E-state index in [0.717, 1.165) is 81.0 Å². The highest BCUT2D eigenvalue weighted by molar-refractivity contribution is 7.86. The van der Waals surface area contributed by atoms with Crippen LogP contribution in [-0.4, -0.2) is 125 Å². The summed E-state index contributed by atoms with van der Waals surface area (Å²) < 4.78 is 140. The first-order chi connectivity index (χ1) is 34.7. The molecule has 0 saturated heterocycles. The van der Waals surface area contributed by atoms with E-state index in [1.54, 1.807) is 0 Å². The van der Waals surface area contributed by atoms with Crippen LogP contribution in [0.2, 0.25) is 0 Å². The Bertz CT molecular complexity index is 3360. The van der Waals surface area contributed by atoms with Crippen molar-refractivity contribution in [3.05, 3.63) is 109 Å². The third-order valence-corrected chi connectivity index (χ3v) is 13.9. The van der Waals surface area contributed by atoms with Gasteiger partial charge in [-0.3, -0.25) is 38.9 Å². The molecular weight excluding hydrogens is 1080 g/mol. The van der Waals surface area contributed by atoms with Crippen LogP contribution < -0.4 is 30.7 Å². The SMILES string of the molecule is CC(C)(O)N(c1ncnc(N(Nc2ccc(S(=O)(=O)O)cc2)c2ccc(C=Cc3ccc(N(Nc4ccc(S(=O)(=O)O)cc4)c4ncnc(N(C(C)(C)O)C(C)(C)O)n4)cc3S(=O)(=O)O)c(S(=O)(=O)O)c2)n1)C(C)(C)O. The van der Waals surface area contributed by atoms with Crippen LogP contribution in [0.4, 0.5) is 46.5 Å². The van der Waals surface area contributed by atoms with E-state index in [4.69, 9.17) is 0 Å². The fraction of sp³-hybridized carbons (Fsp3) is 0.273. The van der Waals surface area contributed by atoms with Crippen LogP contribution in [0.15, 0.2) is 117 Å². The number of hydrogen-bond acceptors (Lipinski definition) is 24. The van der Waals surface area contributed by atoms with Gasteiger partial charge in [0.05, 0.1) is 32.5 Å². The van der Waals surface area contributed by atoms with Gasteiger partial charge in [0.1, 0.15) is 45.3 Å². The zero-order valence-corrected chi connectivity index (χ0v) is 44.6. The predicted molar refractivity (Wildman–Crippen MR) is 275 cm³/mol. The molecule has 0 aliphatic carbocycles. The summed E-state index contributed by atoms with van der Waals surface area (Å²) in [6.45, 7) is 10.7. The van der Waals surface area contributed by atoms with Crippen LogP contribution in [0.3, 0.4) is 0 Å². The molecule has 28 nitrogen and oxygen atoms in total. The smallest absolute Gasteiger partial charge is 0.295 e. The standard InChI is InChI=1S/C44H52N12O16S4/c1-41(2,57)55(42(3,4)58)39-47-25-45-37(49-39)53(51-29-13-19-33(20-14-29)73(61,62)63)31-17-11-27(35(23-31)75(67,68)69)9-10-28-12-18-32(24-36(28)76(70,71)72)54(52-30-15-21-34(22-16-30)74(64,65)66)38-46-26-48-40(50-38)56(43(5,6)59)44(7,8)60/h9-26,51-52,57-60H,1-8H3,(H,61,62,63)(H,64,65,66)(H,67,68,69)(H,70,71,72). The Kier molecular flexibility index (Phi) is 15.9. The quantitative estimate of drug-likeness (QED) is 0.0223. The lowest BCUT2D eigenvalue weighted by Crippen LogP contribution is -2.57. The minimum absolute atomic E-state index is 0.0969. The first-order valence-corrected chi connectivity index (χ1v) is 27.6. The van der Waals surface area contributed by atoms with E-state index in [1.807, 2.05) is 0 Å². The van der Waals surface area contributed by atoms with Gasteiger partial charge in [-0.15, -0.1) is 0 Å². The second-order valence-corrected chi connectivity index (χ2v) is 24.1. The number of hydrogen-bond donors (Lipinski definition) is 10. The molecule has 2 aromatic heterocycles. The Morgan fingerprint density at radius 2 is 0.711 bits per heavy atom. The normalized spacial score (nSPS) is 13.1. The van der Waals surface area contributed by atoms with Gasteiger partial charge in [-0.1, -0.05) is 24.3 Å². The molecule has 76 heavy (non-hydrogen) atoms. The van der Waals surface area contributed by atoms with Crippen LogP contribution in [0.25, 0.3) is 12.2 Å².